The zero-order valence-corrected chi connectivity index (χ0v) is 12.5. The summed E-state index contributed by atoms with van der Waals surface area (Å²) < 4.78 is 5.35. The van der Waals surface area contributed by atoms with Crippen molar-refractivity contribution < 1.29 is 4.74 Å². The molecule has 22 heavy (non-hydrogen) atoms. The van der Waals surface area contributed by atoms with E-state index >= 15 is 0 Å². The first-order chi connectivity index (χ1) is 10.8. The van der Waals surface area contributed by atoms with E-state index in [1.165, 1.54) is 16.7 Å². The average molecular weight is 291 g/mol. The van der Waals surface area contributed by atoms with Gasteiger partial charge in [0, 0.05) is 6.20 Å². The summed E-state index contributed by atoms with van der Waals surface area (Å²) in [5.74, 6) is 0.892. The van der Waals surface area contributed by atoms with E-state index in [1.54, 1.807) is 7.11 Å². The van der Waals surface area contributed by atoms with Crippen molar-refractivity contribution in [2.45, 2.75) is 19.3 Å². The Bertz CT molecular complexity index is 863. The van der Waals surface area contributed by atoms with Gasteiger partial charge in [0.25, 0.3) is 0 Å². The first-order valence-corrected chi connectivity index (χ1v) is 7.52. The van der Waals surface area contributed by atoms with Gasteiger partial charge in [-0.3, -0.25) is 0 Å². The molecule has 0 spiro atoms. The number of allylic oxidation sites excluding steroid dienone is 2. The van der Waals surface area contributed by atoms with Gasteiger partial charge in [-0.25, -0.2) is 9.97 Å². The number of hydrogen-bond acceptors (Lipinski definition) is 3. The molecule has 0 fully saturated rings. The lowest BCUT2D eigenvalue weighted by Gasteiger charge is -2.09. The Morgan fingerprint density at radius 1 is 1.14 bits per heavy atom. The molecule has 110 valence electrons. The zero-order valence-electron chi connectivity index (χ0n) is 12.5. The highest BCUT2D eigenvalue weighted by Gasteiger charge is 2.19. The predicted molar refractivity (Wildman–Crippen MR) is 87.5 cm³/mol. The standard InChI is InChI=1S/C18H17N3O/c1-22-13-5-2-4-12(10-13)14-6-3-7-15(14)17-11-20-18-16(21-17)8-9-19-18/h2,4-5,8-11H,3,6-7H2,1H3,(H,19,20). The molecule has 0 saturated heterocycles. The number of rotatable bonds is 3. The molecule has 2 heterocycles. The second-order valence-electron chi connectivity index (χ2n) is 5.51. The first kappa shape index (κ1) is 13.1. The Kier molecular flexibility index (Phi) is 3.15. The van der Waals surface area contributed by atoms with Crippen molar-refractivity contribution in [3.8, 4) is 5.75 Å². The molecule has 0 radical (unpaired) electrons. The van der Waals surface area contributed by atoms with E-state index in [1.807, 2.05) is 30.6 Å². The second-order valence-corrected chi connectivity index (χ2v) is 5.51. The Morgan fingerprint density at radius 3 is 2.95 bits per heavy atom. The van der Waals surface area contributed by atoms with Crippen LogP contribution in [0.25, 0.3) is 22.3 Å². The fraction of sp³-hybridized carbons (Fsp3) is 0.222. The average Bonchev–Trinajstić information content (AvgIpc) is 3.23. The maximum absolute atomic E-state index is 5.35. The highest BCUT2D eigenvalue weighted by atomic mass is 16.5. The minimum absolute atomic E-state index is 0.838. The molecule has 4 rings (SSSR count). The molecule has 1 aliphatic carbocycles. The molecule has 0 saturated carbocycles. The normalized spacial score (nSPS) is 14.8. The number of fused-ring (bicyclic) bond motifs is 1. The van der Waals surface area contributed by atoms with Crippen LogP contribution in [0.1, 0.15) is 30.5 Å². The minimum Gasteiger partial charge on any atom is -0.497 e. The maximum atomic E-state index is 5.35. The van der Waals surface area contributed by atoms with Crippen molar-refractivity contribution in [3.05, 3.63) is 54.0 Å². The first-order valence-electron chi connectivity index (χ1n) is 7.52. The van der Waals surface area contributed by atoms with Crippen molar-refractivity contribution in [2.24, 2.45) is 0 Å². The van der Waals surface area contributed by atoms with Gasteiger partial charge in [0.05, 0.1) is 19.0 Å². The summed E-state index contributed by atoms with van der Waals surface area (Å²) in [4.78, 5) is 12.3. The second kappa shape index (κ2) is 5.30. The molecular weight excluding hydrogens is 274 g/mol. The van der Waals surface area contributed by atoms with Crippen LogP contribution in [0.5, 0.6) is 5.75 Å². The fourth-order valence-electron chi connectivity index (χ4n) is 3.13. The van der Waals surface area contributed by atoms with E-state index in [-0.39, 0.29) is 0 Å². The largest absolute Gasteiger partial charge is 0.497 e. The highest BCUT2D eigenvalue weighted by Crippen LogP contribution is 2.39. The Morgan fingerprint density at radius 2 is 2.05 bits per heavy atom. The van der Waals surface area contributed by atoms with E-state index in [2.05, 4.69) is 22.1 Å². The molecule has 0 aliphatic heterocycles. The molecule has 1 aliphatic rings. The smallest absolute Gasteiger partial charge is 0.156 e. The Labute approximate surface area is 128 Å². The molecule has 1 N–H and O–H groups in total. The maximum Gasteiger partial charge on any atom is 0.156 e. The summed E-state index contributed by atoms with van der Waals surface area (Å²) in [5.41, 5.74) is 6.64. The summed E-state index contributed by atoms with van der Waals surface area (Å²) in [6, 6.07) is 10.2. The van der Waals surface area contributed by atoms with Crippen molar-refractivity contribution in [3.63, 3.8) is 0 Å². The van der Waals surface area contributed by atoms with E-state index in [0.29, 0.717) is 0 Å². The summed E-state index contributed by atoms with van der Waals surface area (Å²) in [5, 5.41) is 0. The molecular formula is C18H17N3O. The Balaban J connectivity index is 1.83. The molecule has 0 atom stereocenters. The number of aromatic amines is 1. The number of nitrogens with one attached hydrogen (secondary N) is 1. The third-order valence-electron chi connectivity index (χ3n) is 4.21. The van der Waals surface area contributed by atoms with Crippen LogP contribution in [0.3, 0.4) is 0 Å². The van der Waals surface area contributed by atoms with Gasteiger partial charge in [0.15, 0.2) is 5.65 Å². The summed E-state index contributed by atoms with van der Waals surface area (Å²) in [7, 11) is 1.70. The number of aromatic nitrogens is 3. The van der Waals surface area contributed by atoms with Gasteiger partial charge in [-0.15, -0.1) is 0 Å². The van der Waals surface area contributed by atoms with Crippen molar-refractivity contribution in [1.29, 1.82) is 0 Å². The molecule has 3 aromatic rings. The lowest BCUT2D eigenvalue weighted by Crippen LogP contribution is -1.93. The predicted octanol–water partition coefficient (Wildman–Crippen LogP) is 4.06. The van der Waals surface area contributed by atoms with Crippen molar-refractivity contribution in [2.75, 3.05) is 7.11 Å². The van der Waals surface area contributed by atoms with Crippen molar-refractivity contribution in [1.82, 2.24) is 15.0 Å². The monoisotopic (exact) mass is 291 g/mol. The van der Waals surface area contributed by atoms with Crippen molar-refractivity contribution >= 4 is 22.3 Å². The third kappa shape index (κ3) is 2.17. The Hall–Kier alpha value is -2.62. The van der Waals surface area contributed by atoms with E-state index in [4.69, 9.17) is 9.72 Å². The third-order valence-corrected chi connectivity index (χ3v) is 4.21. The lowest BCUT2D eigenvalue weighted by atomic mass is 10.0. The zero-order chi connectivity index (χ0) is 14.9. The van der Waals surface area contributed by atoms with E-state index < -0.39 is 0 Å². The molecule has 4 nitrogen and oxygen atoms in total. The van der Waals surface area contributed by atoms with Gasteiger partial charge in [-0.2, -0.15) is 0 Å². The van der Waals surface area contributed by atoms with Gasteiger partial charge >= 0.3 is 0 Å². The van der Waals surface area contributed by atoms with E-state index in [9.17, 15) is 0 Å². The van der Waals surface area contributed by atoms with Gasteiger partial charge in [0.2, 0.25) is 0 Å². The fourth-order valence-corrected chi connectivity index (χ4v) is 3.13. The van der Waals surface area contributed by atoms with Crippen LogP contribution >= 0.6 is 0 Å². The molecule has 4 heteroatoms. The summed E-state index contributed by atoms with van der Waals surface area (Å²) in [6.45, 7) is 0. The molecule has 0 amide bonds. The van der Waals surface area contributed by atoms with Crippen LogP contribution < -0.4 is 4.74 Å². The SMILES string of the molecule is COc1cccc(C2=C(c3cnc4[nH]ccc4n3)CCC2)c1. The topological polar surface area (TPSA) is 50.8 Å². The van der Waals surface area contributed by atoms with Crippen LogP contribution in [0.4, 0.5) is 0 Å². The number of nitrogens with zero attached hydrogens (tertiary/aromatic N) is 2. The molecule has 2 aromatic heterocycles. The van der Waals surface area contributed by atoms with Gasteiger partial charge in [-0.1, -0.05) is 12.1 Å². The lowest BCUT2D eigenvalue weighted by molar-refractivity contribution is 0.414. The quantitative estimate of drug-likeness (QED) is 0.791. The van der Waals surface area contributed by atoms with Crippen LogP contribution in [0.2, 0.25) is 0 Å². The van der Waals surface area contributed by atoms with Gasteiger partial charge < -0.3 is 9.72 Å². The molecule has 0 unspecified atom stereocenters. The number of benzene rings is 1. The minimum atomic E-state index is 0.838. The van der Waals surface area contributed by atoms with Gasteiger partial charge in [0.1, 0.15) is 11.3 Å². The molecule has 0 bridgehead atoms. The van der Waals surface area contributed by atoms with Crippen LogP contribution in [0.15, 0.2) is 42.7 Å². The molecule has 1 aromatic carbocycles. The van der Waals surface area contributed by atoms with Crippen LogP contribution in [-0.2, 0) is 0 Å². The highest BCUT2D eigenvalue weighted by molar-refractivity contribution is 5.92. The number of H-pyrrole nitrogens is 1. The van der Waals surface area contributed by atoms with Crippen LogP contribution in [0, 0.1) is 0 Å². The number of methoxy groups -OCH3 is 1. The summed E-state index contributed by atoms with van der Waals surface area (Å²) >= 11 is 0. The number of ether oxygens (including phenoxy) is 1. The van der Waals surface area contributed by atoms with Gasteiger partial charge in [-0.05, 0) is 54.2 Å². The van der Waals surface area contributed by atoms with E-state index in [0.717, 1.165) is 41.9 Å². The summed E-state index contributed by atoms with van der Waals surface area (Å²) in [6.07, 6.45) is 7.04. The number of hydrogen-bond donors (Lipinski definition) is 1. The van der Waals surface area contributed by atoms with Crippen LogP contribution in [-0.4, -0.2) is 22.1 Å².